The number of carbonyl (C=O) groups is 3. The third-order valence-electron chi connectivity index (χ3n) is 4.38. The molecule has 3 aromatic rings. The normalized spacial score (nSPS) is 13.4. The SMILES string of the molecule is O=C(Nc1ccccc1)C(=O)Nc1c(C(=O)C2CC2)[nH]c2ccccc12. The highest BCUT2D eigenvalue weighted by molar-refractivity contribution is 6.44. The van der Waals surface area contributed by atoms with Crippen LogP contribution in [0.15, 0.2) is 54.6 Å². The third kappa shape index (κ3) is 3.09. The minimum absolute atomic E-state index is 0.00291. The lowest BCUT2D eigenvalue weighted by molar-refractivity contribution is -0.132. The number of ketones is 1. The number of carbonyl (C=O) groups excluding carboxylic acids is 3. The highest BCUT2D eigenvalue weighted by atomic mass is 16.2. The molecule has 0 saturated heterocycles. The predicted octanol–water partition coefficient (Wildman–Crippen LogP) is 3.34. The highest BCUT2D eigenvalue weighted by Crippen LogP contribution is 2.37. The Morgan fingerprint density at radius 3 is 2.23 bits per heavy atom. The van der Waals surface area contributed by atoms with Crippen LogP contribution in [0.25, 0.3) is 10.9 Å². The Balaban J connectivity index is 1.61. The van der Waals surface area contributed by atoms with Crippen molar-refractivity contribution in [3.8, 4) is 0 Å². The maximum atomic E-state index is 12.6. The molecule has 1 saturated carbocycles. The maximum absolute atomic E-state index is 12.6. The highest BCUT2D eigenvalue weighted by Gasteiger charge is 2.34. The zero-order chi connectivity index (χ0) is 18.1. The van der Waals surface area contributed by atoms with Crippen LogP contribution in [-0.2, 0) is 9.59 Å². The molecule has 4 rings (SSSR count). The van der Waals surface area contributed by atoms with Crippen LogP contribution in [0.3, 0.4) is 0 Å². The lowest BCUT2D eigenvalue weighted by Crippen LogP contribution is -2.29. The molecule has 1 aliphatic carbocycles. The summed E-state index contributed by atoms with van der Waals surface area (Å²) in [6.45, 7) is 0. The molecule has 130 valence electrons. The van der Waals surface area contributed by atoms with Gasteiger partial charge in [-0.1, -0.05) is 36.4 Å². The van der Waals surface area contributed by atoms with Crippen molar-refractivity contribution in [1.29, 1.82) is 0 Å². The van der Waals surface area contributed by atoms with Crippen molar-refractivity contribution >= 4 is 39.9 Å². The van der Waals surface area contributed by atoms with Gasteiger partial charge in [0.25, 0.3) is 0 Å². The van der Waals surface area contributed by atoms with Crippen LogP contribution in [0.1, 0.15) is 23.3 Å². The predicted molar refractivity (Wildman–Crippen MR) is 99.1 cm³/mol. The molecule has 0 aliphatic heterocycles. The van der Waals surface area contributed by atoms with Crippen molar-refractivity contribution in [2.45, 2.75) is 12.8 Å². The number of nitrogens with one attached hydrogen (secondary N) is 3. The first-order valence-electron chi connectivity index (χ1n) is 8.46. The molecular formula is C20H17N3O3. The molecule has 1 fully saturated rings. The molecule has 1 aliphatic rings. The number of aromatic nitrogens is 1. The minimum Gasteiger partial charge on any atom is -0.350 e. The summed E-state index contributed by atoms with van der Waals surface area (Å²) in [5, 5.41) is 5.86. The van der Waals surface area contributed by atoms with E-state index in [0.717, 1.165) is 18.4 Å². The van der Waals surface area contributed by atoms with Gasteiger partial charge in [-0.05, 0) is 31.0 Å². The third-order valence-corrected chi connectivity index (χ3v) is 4.38. The first kappa shape index (κ1) is 16.1. The van der Waals surface area contributed by atoms with Gasteiger partial charge in [0.05, 0.1) is 5.69 Å². The quantitative estimate of drug-likeness (QED) is 0.499. The molecule has 0 unspecified atom stereocenters. The number of aromatic amines is 1. The zero-order valence-electron chi connectivity index (χ0n) is 13.9. The van der Waals surface area contributed by atoms with E-state index in [9.17, 15) is 14.4 Å². The van der Waals surface area contributed by atoms with Crippen LogP contribution >= 0.6 is 0 Å². The Kier molecular flexibility index (Phi) is 4.01. The van der Waals surface area contributed by atoms with Gasteiger partial charge in [-0.25, -0.2) is 0 Å². The van der Waals surface area contributed by atoms with Gasteiger partial charge in [-0.2, -0.15) is 0 Å². The average molecular weight is 347 g/mol. The molecule has 2 aromatic carbocycles. The van der Waals surface area contributed by atoms with E-state index in [1.54, 1.807) is 30.3 Å². The summed E-state index contributed by atoms with van der Waals surface area (Å²) >= 11 is 0. The summed E-state index contributed by atoms with van der Waals surface area (Å²) in [5.74, 6) is -1.63. The molecular weight excluding hydrogens is 330 g/mol. The fraction of sp³-hybridized carbons (Fsp3) is 0.150. The van der Waals surface area contributed by atoms with E-state index in [4.69, 9.17) is 0 Å². The molecule has 26 heavy (non-hydrogen) atoms. The standard InChI is InChI=1S/C20H17N3O3/c24-18(12-10-11-12)17-16(14-8-4-5-9-15(14)22-17)23-20(26)19(25)21-13-6-2-1-3-7-13/h1-9,12,22H,10-11H2,(H,21,25)(H,23,26). The van der Waals surface area contributed by atoms with Gasteiger partial charge in [0.2, 0.25) is 0 Å². The number of Topliss-reactive ketones (excluding diaryl/α,β-unsaturated/α-hetero) is 1. The minimum atomic E-state index is -0.816. The summed E-state index contributed by atoms with van der Waals surface area (Å²) in [4.78, 5) is 40.2. The van der Waals surface area contributed by atoms with E-state index in [1.807, 2.05) is 24.3 Å². The number of hydrogen-bond acceptors (Lipinski definition) is 3. The number of amides is 2. The topological polar surface area (TPSA) is 91.1 Å². The number of hydrogen-bond donors (Lipinski definition) is 3. The second kappa shape index (κ2) is 6.48. The molecule has 0 radical (unpaired) electrons. The Hall–Kier alpha value is -3.41. The van der Waals surface area contributed by atoms with Crippen LogP contribution in [0.2, 0.25) is 0 Å². The van der Waals surface area contributed by atoms with Crippen molar-refractivity contribution in [1.82, 2.24) is 4.98 Å². The molecule has 0 bridgehead atoms. The fourth-order valence-corrected chi connectivity index (χ4v) is 2.89. The summed E-state index contributed by atoms with van der Waals surface area (Å²) in [5.41, 5.74) is 2.00. The Morgan fingerprint density at radius 1 is 0.846 bits per heavy atom. The second-order valence-electron chi connectivity index (χ2n) is 6.33. The molecule has 0 atom stereocenters. The van der Waals surface area contributed by atoms with E-state index < -0.39 is 11.8 Å². The van der Waals surface area contributed by atoms with Crippen molar-refractivity contribution in [2.24, 2.45) is 5.92 Å². The lowest BCUT2D eigenvalue weighted by Gasteiger charge is -2.08. The largest absolute Gasteiger partial charge is 0.350 e. The van der Waals surface area contributed by atoms with Gasteiger partial charge in [0.15, 0.2) is 5.78 Å². The number of benzene rings is 2. The Labute approximate surface area is 149 Å². The van der Waals surface area contributed by atoms with E-state index in [-0.39, 0.29) is 11.7 Å². The number of rotatable bonds is 4. The number of fused-ring (bicyclic) bond motifs is 1. The monoisotopic (exact) mass is 347 g/mol. The van der Waals surface area contributed by atoms with Crippen LogP contribution in [0.4, 0.5) is 11.4 Å². The van der Waals surface area contributed by atoms with Crippen LogP contribution in [0.5, 0.6) is 0 Å². The Bertz CT molecular complexity index is 1000. The molecule has 1 aromatic heterocycles. The van der Waals surface area contributed by atoms with Crippen molar-refractivity contribution in [2.75, 3.05) is 10.6 Å². The van der Waals surface area contributed by atoms with Crippen LogP contribution in [0, 0.1) is 5.92 Å². The van der Waals surface area contributed by atoms with Gasteiger partial charge < -0.3 is 15.6 Å². The first-order chi connectivity index (χ1) is 12.6. The number of H-pyrrole nitrogens is 1. The maximum Gasteiger partial charge on any atom is 0.314 e. The van der Waals surface area contributed by atoms with Crippen LogP contribution in [-0.4, -0.2) is 22.6 Å². The summed E-state index contributed by atoms with van der Waals surface area (Å²) in [6.07, 6.45) is 1.71. The van der Waals surface area contributed by atoms with Crippen molar-refractivity contribution < 1.29 is 14.4 Å². The lowest BCUT2D eigenvalue weighted by atomic mass is 10.1. The average Bonchev–Trinajstić information content (AvgIpc) is 3.45. The van der Waals surface area contributed by atoms with Crippen molar-refractivity contribution in [3.05, 3.63) is 60.3 Å². The van der Waals surface area contributed by atoms with Crippen molar-refractivity contribution in [3.63, 3.8) is 0 Å². The van der Waals surface area contributed by atoms with E-state index in [1.165, 1.54) is 0 Å². The van der Waals surface area contributed by atoms with Gasteiger partial charge in [-0.15, -0.1) is 0 Å². The van der Waals surface area contributed by atoms with E-state index in [2.05, 4.69) is 15.6 Å². The zero-order valence-corrected chi connectivity index (χ0v) is 13.9. The summed E-state index contributed by atoms with van der Waals surface area (Å²) in [6, 6.07) is 16.0. The Morgan fingerprint density at radius 2 is 1.50 bits per heavy atom. The second-order valence-corrected chi connectivity index (χ2v) is 6.33. The van der Waals surface area contributed by atoms with Gasteiger partial charge in [-0.3, -0.25) is 14.4 Å². The first-order valence-corrected chi connectivity index (χ1v) is 8.46. The molecule has 6 heteroatoms. The van der Waals surface area contributed by atoms with Gasteiger partial charge >= 0.3 is 11.8 Å². The molecule has 3 N–H and O–H groups in total. The molecule has 2 amide bonds. The van der Waals surface area contributed by atoms with Gasteiger partial charge in [0.1, 0.15) is 5.69 Å². The van der Waals surface area contributed by atoms with E-state index >= 15 is 0 Å². The molecule has 6 nitrogen and oxygen atoms in total. The molecule has 0 spiro atoms. The van der Waals surface area contributed by atoms with Gasteiger partial charge in [0, 0.05) is 22.5 Å². The number of anilines is 2. The summed E-state index contributed by atoms with van der Waals surface area (Å²) in [7, 11) is 0. The molecule has 1 heterocycles. The summed E-state index contributed by atoms with van der Waals surface area (Å²) < 4.78 is 0. The van der Waals surface area contributed by atoms with E-state index in [0.29, 0.717) is 22.5 Å². The fourth-order valence-electron chi connectivity index (χ4n) is 2.89. The number of para-hydroxylation sites is 2. The van der Waals surface area contributed by atoms with Crippen LogP contribution < -0.4 is 10.6 Å². The smallest absolute Gasteiger partial charge is 0.314 e.